The Labute approximate surface area is 203 Å². The molecule has 168 valence electrons. The Morgan fingerprint density at radius 2 is 1.84 bits per heavy atom. The molecule has 2 aromatic rings. The summed E-state index contributed by atoms with van der Waals surface area (Å²) in [5.74, 6) is 2.68. The molecule has 0 atom stereocenters. The molecule has 1 saturated heterocycles. The highest BCUT2D eigenvalue weighted by atomic mass is 127. The molecule has 3 rings (SSSR count). The van der Waals surface area contributed by atoms with Crippen LogP contribution in [0, 0.1) is 0 Å². The summed E-state index contributed by atoms with van der Waals surface area (Å²) >= 11 is 0. The first-order valence-corrected chi connectivity index (χ1v) is 10.8. The second-order valence-electron chi connectivity index (χ2n) is 7.41. The van der Waals surface area contributed by atoms with E-state index in [0.717, 1.165) is 41.7 Å². The second kappa shape index (κ2) is 13.9. The van der Waals surface area contributed by atoms with Crippen LogP contribution >= 0.6 is 24.0 Å². The fraction of sp³-hybridized carbons (Fsp3) is 0.417. The minimum absolute atomic E-state index is 0. The van der Waals surface area contributed by atoms with Crippen LogP contribution in [0.2, 0.25) is 0 Å². The summed E-state index contributed by atoms with van der Waals surface area (Å²) in [6.07, 6.45) is 8.88. The molecule has 31 heavy (non-hydrogen) atoms. The number of aromatic nitrogens is 1. The number of para-hydroxylation sites is 1. The number of anilines is 1. The zero-order chi connectivity index (χ0) is 21.0. The molecule has 0 unspecified atom stereocenters. The number of halogens is 1. The molecule has 0 saturated carbocycles. The third-order valence-electron chi connectivity index (χ3n) is 5.20. The van der Waals surface area contributed by atoms with Crippen molar-refractivity contribution in [1.29, 1.82) is 0 Å². The van der Waals surface area contributed by atoms with Gasteiger partial charge in [-0.3, -0.25) is 4.99 Å². The molecule has 0 aliphatic carbocycles. The molecule has 1 aromatic heterocycles. The van der Waals surface area contributed by atoms with E-state index in [1.54, 1.807) is 13.1 Å². The van der Waals surface area contributed by atoms with Crippen molar-refractivity contribution in [2.45, 2.75) is 38.8 Å². The highest BCUT2D eigenvalue weighted by molar-refractivity contribution is 14.0. The summed E-state index contributed by atoms with van der Waals surface area (Å²) in [6, 6.07) is 12.3. The van der Waals surface area contributed by atoms with Crippen LogP contribution < -0.4 is 20.3 Å². The average Bonchev–Trinajstić information content (AvgIpc) is 3.08. The third-order valence-corrected chi connectivity index (χ3v) is 5.20. The van der Waals surface area contributed by atoms with Gasteiger partial charge >= 0.3 is 0 Å². The van der Waals surface area contributed by atoms with E-state index in [1.165, 1.54) is 25.7 Å². The summed E-state index contributed by atoms with van der Waals surface area (Å²) in [7, 11) is 1.77. The van der Waals surface area contributed by atoms with Crippen molar-refractivity contribution >= 4 is 35.8 Å². The van der Waals surface area contributed by atoms with Crippen LogP contribution in [0.5, 0.6) is 5.75 Å². The van der Waals surface area contributed by atoms with E-state index in [9.17, 15) is 0 Å². The molecule has 0 spiro atoms. The number of hydrogen-bond donors (Lipinski definition) is 2. The fourth-order valence-electron chi connectivity index (χ4n) is 3.53. The van der Waals surface area contributed by atoms with Crippen molar-refractivity contribution in [3.05, 3.63) is 66.4 Å². The molecule has 1 fully saturated rings. The van der Waals surface area contributed by atoms with Crippen LogP contribution in [-0.2, 0) is 13.1 Å². The van der Waals surface area contributed by atoms with Crippen LogP contribution in [0.15, 0.2) is 60.2 Å². The van der Waals surface area contributed by atoms with E-state index in [1.807, 2.05) is 30.5 Å². The normalized spacial score (nSPS) is 14.2. The number of pyridine rings is 1. The molecular weight excluding hydrogens is 501 g/mol. The van der Waals surface area contributed by atoms with Gasteiger partial charge < -0.3 is 20.3 Å². The van der Waals surface area contributed by atoms with E-state index in [-0.39, 0.29) is 24.0 Å². The zero-order valence-corrected chi connectivity index (χ0v) is 20.7. The first kappa shape index (κ1) is 25.0. The van der Waals surface area contributed by atoms with Gasteiger partial charge in [-0.05, 0) is 30.5 Å². The van der Waals surface area contributed by atoms with Crippen molar-refractivity contribution in [3.63, 3.8) is 0 Å². The van der Waals surface area contributed by atoms with Crippen molar-refractivity contribution in [1.82, 2.24) is 15.6 Å². The largest absolute Gasteiger partial charge is 0.489 e. The summed E-state index contributed by atoms with van der Waals surface area (Å²) in [5.41, 5.74) is 2.21. The van der Waals surface area contributed by atoms with Crippen LogP contribution in [0.4, 0.5) is 5.82 Å². The maximum atomic E-state index is 5.72. The SMILES string of the molecule is C=CCOc1ccccc1CNC(=NC)NCc1ccc(N2CCCCCC2)nc1.I. The van der Waals surface area contributed by atoms with Gasteiger partial charge in [0.05, 0.1) is 0 Å². The quantitative estimate of drug-likeness (QED) is 0.226. The monoisotopic (exact) mass is 535 g/mol. The second-order valence-corrected chi connectivity index (χ2v) is 7.41. The van der Waals surface area contributed by atoms with Crippen LogP contribution in [0.3, 0.4) is 0 Å². The molecule has 0 amide bonds. The zero-order valence-electron chi connectivity index (χ0n) is 18.3. The Balaban J connectivity index is 0.00000341. The number of benzene rings is 1. The van der Waals surface area contributed by atoms with Gasteiger partial charge in [0.15, 0.2) is 5.96 Å². The summed E-state index contributed by atoms with van der Waals surface area (Å²) in [6.45, 7) is 7.71. The lowest BCUT2D eigenvalue weighted by Gasteiger charge is -2.21. The number of ether oxygens (including phenoxy) is 1. The Kier molecular flexibility index (Phi) is 11.2. The van der Waals surface area contributed by atoms with Gasteiger partial charge in [-0.15, -0.1) is 24.0 Å². The Morgan fingerprint density at radius 3 is 2.52 bits per heavy atom. The number of nitrogens with zero attached hydrogens (tertiary/aromatic N) is 3. The predicted octanol–water partition coefficient (Wildman–Crippen LogP) is 4.51. The summed E-state index contributed by atoms with van der Waals surface area (Å²) in [4.78, 5) is 11.4. The van der Waals surface area contributed by atoms with Crippen molar-refractivity contribution in [3.8, 4) is 5.75 Å². The topological polar surface area (TPSA) is 61.8 Å². The molecule has 6 nitrogen and oxygen atoms in total. The van der Waals surface area contributed by atoms with Crippen LogP contribution in [-0.4, -0.2) is 37.7 Å². The van der Waals surface area contributed by atoms with E-state index in [2.05, 4.69) is 44.2 Å². The Bertz CT molecular complexity index is 817. The number of guanidine groups is 1. The minimum atomic E-state index is 0. The van der Waals surface area contributed by atoms with Crippen molar-refractivity contribution < 1.29 is 4.74 Å². The lowest BCUT2D eigenvalue weighted by Crippen LogP contribution is -2.36. The highest BCUT2D eigenvalue weighted by Crippen LogP contribution is 2.18. The van der Waals surface area contributed by atoms with Gasteiger partial charge in [-0.1, -0.05) is 49.8 Å². The first-order chi connectivity index (χ1) is 14.8. The third kappa shape index (κ3) is 8.05. The van der Waals surface area contributed by atoms with Crippen LogP contribution in [0.25, 0.3) is 0 Å². The highest BCUT2D eigenvalue weighted by Gasteiger charge is 2.11. The molecule has 2 heterocycles. The Hall–Kier alpha value is -2.29. The molecular formula is C24H34IN5O. The van der Waals surface area contributed by atoms with E-state index >= 15 is 0 Å². The minimum Gasteiger partial charge on any atom is -0.489 e. The van der Waals surface area contributed by atoms with Gasteiger partial charge in [0.25, 0.3) is 0 Å². The van der Waals surface area contributed by atoms with E-state index in [0.29, 0.717) is 19.7 Å². The number of aliphatic imine (C=N–C) groups is 1. The standard InChI is InChI=1S/C24H33N5O.HI/c1-3-16-30-22-11-7-6-10-21(22)19-28-24(25-2)27-18-20-12-13-23(26-17-20)29-14-8-4-5-9-15-29;/h3,6-7,10-13,17H,1,4-5,8-9,14-16,18-19H2,2H3,(H2,25,27,28);1H. The summed E-state index contributed by atoms with van der Waals surface area (Å²) in [5, 5.41) is 6.70. The number of hydrogen-bond acceptors (Lipinski definition) is 4. The smallest absolute Gasteiger partial charge is 0.191 e. The van der Waals surface area contributed by atoms with E-state index < -0.39 is 0 Å². The number of rotatable bonds is 8. The van der Waals surface area contributed by atoms with Crippen molar-refractivity contribution in [2.24, 2.45) is 4.99 Å². The lowest BCUT2D eigenvalue weighted by molar-refractivity contribution is 0.358. The first-order valence-electron chi connectivity index (χ1n) is 10.8. The van der Waals surface area contributed by atoms with Gasteiger partial charge in [0, 0.05) is 45.0 Å². The summed E-state index contributed by atoms with van der Waals surface area (Å²) < 4.78 is 5.72. The molecule has 0 radical (unpaired) electrons. The fourth-order valence-corrected chi connectivity index (χ4v) is 3.53. The molecule has 1 aliphatic heterocycles. The number of nitrogens with one attached hydrogen (secondary N) is 2. The molecule has 1 aromatic carbocycles. The average molecular weight is 535 g/mol. The van der Waals surface area contributed by atoms with Gasteiger partial charge in [0.2, 0.25) is 0 Å². The molecule has 0 bridgehead atoms. The molecule has 1 aliphatic rings. The lowest BCUT2D eigenvalue weighted by atomic mass is 10.2. The Morgan fingerprint density at radius 1 is 1.10 bits per heavy atom. The van der Waals surface area contributed by atoms with Gasteiger partial charge in [-0.25, -0.2) is 4.98 Å². The van der Waals surface area contributed by atoms with Crippen LogP contribution in [0.1, 0.15) is 36.8 Å². The maximum Gasteiger partial charge on any atom is 0.191 e. The van der Waals surface area contributed by atoms with E-state index in [4.69, 9.17) is 4.74 Å². The molecule has 7 heteroatoms. The molecule has 2 N–H and O–H groups in total. The predicted molar refractivity (Wildman–Crippen MR) is 140 cm³/mol. The maximum absolute atomic E-state index is 5.72. The van der Waals surface area contributed by atoms with Gasteiger partial charge in [0.1, 0.15) is 18.2 Å². The van der Waals surface area contributed by atoms with Gasteiger partial charge in [-0.2, -0.15) is 0 Å². The van der Waals surface area contributed by atoms with Crippen molar-refractivity contribution in [2.75, 3.05) is 31.6 Å².